The van der Waals surface area contributed by atoms with Crippen LogP contribution < -0.4 is 5.73 Å². The molecule has 1 rings (SSSR count). The van der Waals surface area contributed by atoms with Crippen LogP contribution in [0.15, 0.2) is 28.2 Å². The molecule has 82 valence electrons. The Morgan fingerprint density at radius 3 is 2.67 bits per heavy atom. The summed E-state index contributed by atoms with van der Waals surface area (Å²) in [5.74, 6) is 0.476. The maximum Gasteiger partial charge on any atom is 0.0548 e. The Labute approximate surface area is 104 Å². The lowest BCUT2D eigenvalue weighted by atomic mass is 10.0. The van der Waals surface area contributed by atoms with E-state index >= 15 is 0 Å². The van der Waals surface area contributed by atoms with Crippen molar-refractivity contribution in [3.8, 4) is 0 Å². The van der Waals surface area contributed by atoms with Crippen LogP contribution in [0.5, 0.6) is 0 Å². The average Bonchev–Trinajstić information content (AvgIpc) is 2.19. The Hall–Kier alpha value is -0.310. The van der Waals surface area contributed by atoms with Gasteiger partial charge in [0.15, 0.2) is 0 Å². The van der Waals surface area contributed by atoms with E-state index in [9.17, 15) is 0 Å². The van der Waals surface area contributed by atoms with Gasteiger partial charge in [-0.1, -0.05) is 43.2 Å². The minimum absolute atomic E-state index is 0.476. The first-order chi connectivity index (χ1) is 7.04. The van der Waals surface area contributed by atoms with Crippen LogP contribution in [0.4, 0.5) is 0 Å². The standard InChI is InChI=1S/C12H15BrClN/c1-8(2)10(7-15)5-9-3-4-12(14)11(13)6-9/h3-6,8H,7,15H2,1-2H3/b10-5+. The number of nitrogens with two attached hydrogens (primary N) is 1. The molecule has 0 aromatic heterocycles. The first-order valence-corrected chi connectivity index (χ1v) is 6.07. The highest BCUT2D eigenvalue weighted by Crippen LogP contribution is 2.24. The van der Waals surface area contributed by atoms with Crippen LogP contribution in [0.2, 0.25) is 5.02 Å². The maximum absolute atomic E-state index is 5.92. The molecular weight excluding hydrogens is 273 g/mol. The maximum atomic E-state index is 5.92. The quantitative estimate of drug-likeness (QED) is 0.890. The summed E-state index contributed by atoms with van der Waals surface area (Å²) in [6, 6.07) is 5.87. The molecule has 0 aliphatic rings. The second-order valence-electron chi connectivity index (χ2n) is 3.75. The van der Waals surface area contributed by atoms with Gasteiger partial charge in [-0.3, -0.25) is 0 Å². The summed E-state index contributed by atoms with van der Waals surface area (Å²) in [6.45, 7) is 4.88. The topological polar surface area (TPSA) is 26.0 Å². The molecule has 2 N–H and O–H groups in total. The summed E-state index contributed by atoms with van der Waals surface area (Å²) in [4.78, 5) is 0. The second kappa shape index (κ2) is 5.69. The summed E-state index contributed by atoms with van der Waals surface area (Å²) in [5, 5.41) is 0.728. The summed E-state index contributed by atoms with van der Waals surface area (Å²) in [5.41, 5.74) is 8.05. The van der Waals surface area contributed by atoms with Crippen LogP contribution >= 0.6 is 27.5 Å². The molecule has 0 fully saturated rings. The summed E-state index contributed by atoms with van der Waals surface area (Å²) in [6.07, 6.45) is 2.12. The molecule has 3 heteroatoms. The predicted molar refractivity (Wildman–Crippen MR) is 71.0 cm³/mol. The molecule has 0 aliphatic heterocycles. The molecule has 15 heavy (non-hydrogen) atoms. The number of hydrogen-bond donors (Lipinski definition) is 1. The minimum atomic E-state index is 0.476. The van der Waals surface area contributed by atoms with Crippen LogP contribution in [-0.2, 0) is 0 Å². The monoisotopic (exact) mass is 287 g/mol. The highest BCUT2D eigenvalue weighted by Gasteiger charge is 2.02. The molecule has 0 unspecified atom stereocenters. The van der Waals surface area contributed by atoms with E-state index in [2.05, 4.69) is 35.9 Å². The Bertz CT molecular complexity index is 372. The van der Waals surface area contributed by atoms with Crippen molar-refractivity contribution < 1.29 is 0 Å². The fraction of sp³-hybridized carbons (Fsp3) is 0.333. The zero-order chi connectivity index (χ0) is 11.4. The van der Waals surface area contributed by atoms with Crippen molar-refractivity contribution in [2.45, 2.75) is 13.8 Å². The molecule has 0 spiro atoms. The van der Waals surface area contributed by atoms with Gasteiger partial charge in [0, 0.05) is 11.0 Å². The van der Waals surface area contributed by atoms with E-state index in [1.54, 1.807) is 0 Å². The number of hydrogen-bond acceptors (Lipinski definition) is 1. The fourth-order valence-electron chi connectivity index (χ4n) is 1.28. The Kier molecular flexibility index (Phi) is 4.84. The molecule has 1 aromatic carbocycles. The van der Waals surface area contributed by atoms with Crippen molar-refractivity contribution in [2.75, 3.05) is 6.54 Å². The van der Waals surface area contributed by atoms with Crippen LogP contribution in [0, 0.1) is 5.92 Å². The second-order valence-corrected chi connectivity index (χ2v) is 5.01. The highest BCUT2D eigenvalue weighted by molar-refractivity contribution is 9.10. The van der Waals surface area contributed by atoms with Crippen molar-refractivity contribution in [2.24, 2.45) is 11.7 Å². The third-order valence-corrected chi connectivity index (χ3v) is 3.49. The van der Waals surface area contributed by atoms with Gasteiger partial charge in [0.25, 0.3) is 0 Å². The average molecular weight is 289 g/mol. The lowest BCUT2D eigenvalue weighted by Gasteiger charge is -2.08. The van der Waals surface area contributed by atoms with Crippen molar-refractivity contribution in [3.05, 3.63) is 38.8 Å². The minimum Gasteiger partial charge on any atom is -0.327 e. The molecule has 0 atom stereocenters. The van der Waals surface area contributed by atoms with Gasteiger partial charge in [-0.2, -0.15) is 0 Å². The Balaban J connectivity index is 3.01. The zero-order valence-electron chi connectivity index (χ0n) is 8.93. The Morgan fingerprint density at radius 2 is 2.20 bits per heavy atom. The van der Waals surface area contributed by atoms with Crippen LogP contribution in [0.1, 0.15) is 19.4 Å². The number of halogens is 2. The van der Waals surface area contributed by atoms with Gasteiger partial charge in [0.2, 0.25) is 0 Å². The Morgan fingerprint density at radius 1 is 1.53 bits per heavy atom. The third kappa shape index (κ3) is 3.63. The van der Waals surface area contributed by atoms with Gasteiger partial charge in [-0.25, -0.2) is 0 Å². The van der Waals surface area contributed by atoms with Gasteiger partial charge in [-0.15, -0.1) is 0 Å². The van der Waals surface area contributed by atoms with Crippen LogP contribution in [-0.4, -0.2) is 6.54 Å². The van der Waals surface area contributed by atoms with Crippen molar-refractivity contribution in [3.63, 3.8) is 0 Å². The molecule has 0 amide bonds. The van der Waals surface area contributed by atoms with Crippen LogP contribution in [0.3, 0.4) is 0 Å². The lowest BCUT2D eigenvalue weighted by molar-refractivity contribution is 0.752. The van der Waals surface area contributed by atoms with E-state index in [4.69, 9.17) is 17.3 Å². The van der Waals surface area contributed by atoms with Crippen molar-refractivity contribution >= 4 is 33.6 Å². The van der Waals surface area contributed by atoms with E-state index < -0.39 is 0 Å². The lowest BCUT2D eigenvalue weighted by Crippen LogP contribution is -2.08. The van der Waals surface area contributed by atoms with Crippen molar-refractivity contribution in [1.82, 2.24) is 0 Å². The molecule has 0 bridgehead atoms. The predicted octanol–water partition coefficient (Wildman–Crippen LogP) is 4.10. The number of benzene rings is 1. The van der Waals surface area contributed by atoms with Gasteiger partial charge < -0.3 is 5.73 Å². The highest BCUT2D eigenvalue weighted by atomic mass is 79.9. The molecule has 1 nitrogen and oxygen atoms in total. The van der Waals surface area contributed by atoms with Crippen LogP contribution in [0.25, 0.3) is 6.08 Å². The van der Waals surface area contributed by atoms with Gasteiger partial charge in [0.05, 0.1) is 5.02 Å². The van der Waals surface area contributed by atoms with Gasteiger partial charge in [-0.05, 0) is 39.5 Å². The summed E-state index contributed by atoms with van der Waals surface area (Å²) < 4.78 is 0.915. The molecule has 0 saturated carbocycles. The largest absolute Gasteiger partial charge is 0.327 e. The zero-order valence-corrected chi connectivity index (χ0v) is 11.3. The smallest absolute Gasteiger partial charge is 0.0548 e. The fourth-order valence-corrected chi connectivity index (χ4v) is 1.79. The number of rotatable bonds is 3. The third-order valence-electron chi connectivity index (χ3n) is 2.27. The van der Waals surface area contributed by atoms with E-state index in [0.717, 1.165) is 15.1 Å². The molecule has 0 saturated heterocycles. The SMILES string of the molecule is CC(C)/C(=C/c1ccc(Cl)c(Br)c1)CN. The summed E-state index contributed by atoms with van der Waals surface area (Å²) in [7, 11) is 0. The van der Waals surface area contributed by atoms with Gasteiger partial charge in [0.1, 0.15) is 0 Å². The van der Waals surface area contributed by atoms with Gasteiger partial charge >= 0.3 is 0 Å². The first-order valence-electron chi connectivity index (χ1n) is 4.90. The van der Waals surface area contributed by atoms with E-state index in [0.29, 0.717) is 12.5 Å². The molecule has 1 aromatic rings. The normalized spacial score (nSPS) is 12.3. The molecule has 0 aliphatic carbocycles. The van der Waals surface area contributed by atoms with E-state index in [1.807, 2.05) is 18.2 Å². The molecular formula is C12H15BrClN. The molecule has 0 radical (unpaired) electrons. The summed E-state index contributed by atoms with van der Waals surface area (Å²) >= 11 is 9.32. The van der Waals surface area contributed by atoms with E-state index in [-0.39, 0.29) is 0 Å². The van der Waals surface area contributed by atoms with Crippen molar-refractivity contribution in [1.29, 1.82) is 0 Å². The molecule has 0 heterocycles. The van der Waals surface area contributed by atoms with E-state index in [1.165, 1.54) is 5.57 Å². The first kappa shape index (κ1) is 12.8.